The number of carbonyl (C=O) groups is 1. The molecule has 0 aliphatic heterocycles. The van der Waals surface area contributed by atoms with Crippen LogP contribution in [0.3, 0.4) is 0 Å². The molecule has 2 aromatic heterocycles. The summed E-state index contributed by atoms with van der Waals surface area (Å²) >= 11 is 0. The number of aryl methyl sites for hydroxylation is 2. The first-order valence-electron chi connectivity index (χ1n) is 11.0. The van der Waals surface area contributed by atoms with Crippen LogP contribution in [-0.4, -0.2) is 30.4 Å². The van der Waals surface area contributed by atoms with Crippen molar-refractivity contribution in [2.75, 3.05) is 5.32 Å². The van der Waals surface area contributed by atoms with Crippen molar-refractivity contribution in [3.8, 4) is 0 Å². The predicted molar refractivity (Wildman–Crippen MR) is 129 cm³/mol. The number of nitro groups is 1. The Kier molecular flexibility index (Phi) is 6.46. The highest BCUT2D eigenvalue weighted by molar-refractivity contribution is 6.05. The maximum atomic E-state index is 14.1. The van der Waals surface area contributed by atoms with Gasteiger partial charge in [-0.2, -0.15) is 10.2 Å². The summed E-state index contributed by atoms with van der Waals surface area (Å²) in [5, 5.41) is 22.9. The van der Waals surface area contributed by atoms with Crippen molar-refractivity contribution in [1.82, 2.24) is 19.6 Å². The van der Waals surface area contributed by atoms with E-state index in [2.05, 4.69) is 15.5 Å². The molecule has 10 heteroatoms. The molecule has 180 valence electrons. The summed E-state index contributed by atoms with van der Waals surface area (Å²) in [7, 11) is 0. The van der Waals surface area contributed by atoms with Crippen LogP contribution in [0.1, 0.15) is 44.3 Å². The van der Waals surface area contributed by atoms with E-state index in [-0.39, 0.29) is 24.0 Å². The summed E-state index contributed by atoms with van der Waals surface area (Å²) in [5.41, 5.74) is 4.43. The Morgan fingerprint density at radius 2 is 1.66 bits per heavy atom. The van der Waals surface area contributed by atoms with E-state index in [1.807, 2.05) is 13.0 Å². The zero-order valence-corrected chi connectivity index (χ0v) is 19.9. The highest BCUT2D eigenvalue weighted by Gasteiger charge is 2.22. The number of aromatic nitrogens is 4. The monoisotopic (exact) mass is 476 g/mol. The molecule has 0 aliphatic rings. The molecule has 0 aliphatic carbocycles. The highest BCUT2D eigenvalue weighted by Crippen LogP contribution is 2.24. The SMILES string of the molecule is Cc1nn(Cc2ccccc2F)c(C)c1NC(=O)c1cccc(Cn2nc(C)c([N+](=O)[O-])c2C)c1. The third-order valence-corrected chi connectivity index (χ3v) is 5.95. The Morgan fingerprint density at radius 1 is 0.971 bits per heavy atom. The van der Waals surface area contributed by atoms with Crippen LogP contribution < -0.4 is 5.32 Å². The molecular weight excluding hydrogens is 451 g/mol. The number of hydrogen-bond donors (Lipinski definition) is 1. The summed E-state index contributed by atoms with van der Waals surface area (Å²) in [4.78, 5) is 23.9. The predicted octanol–water partition coefficient (Wildman–Crippen LogP) is 4.71. The van der Waals surface area contributed by atoms with Gasteiger partial charge in [0.1, 0.15) is 17.2 Å². The van der Waals surface area contributed by atoms with Gasteiger partial charge >= 0.3 is 5.69 Å². The number of carbonyl (C=O) groups excluding carboxylic acids is 1. The van der Waals surface area contributed by atoms with Crippen molar-refractivity contribution in [3.05, 3.63) is 104 Å². The van der Waals surface area contributed by atoms with Crippen LogP contribution in [0, 0.1) is 43.6 Å². The molecule has 4 rings (SSSR count). The van der Waals surface area contributed by atoms with Gasteiger partial charge in [-0.25, -0.2) is 4.39 Å². The molecule has 0 radical (unpaired) electrons. The van der Waals surface area contributed by atoms with Crippen molar-refractivity contribution in [2.45, 2.75) is 40.8 Å². The number of benzene rings is 2. The van der Waals surface area contributed by atoms with Crippen LogP contribution in [0.5, 0.6) is 0 Å². The quantitative estimate of drug-likeness (QED) is 0.307. The number of halogens is 1. The molecular formula is C25H25FN6O3. The zero-order valence-electron chi connectivity index (χ0n) is 19.9. The Morgan fingerprint density at radius 3 is 2.34 bits per heavy atom. The van der Waals surface area contributed by atoms with Crippen LogP contribution in [0.25, 0.3) is 0 Å². The molecule has 35 heavy (non-hydrogen) atoms. The lowest BCUT2D eigenvalue weighted by Crippen LogP contribution is -2.14. The van der Waals surface area contributed by atoms with Gasteiger partial charge < -0.3 is 5.32 Å². The van der Waals surface area contributed by atoms with Crippen molar-refractivity contribution in [3.63, 3.8) is 0 Å². The van der Waals surface area contributed by atoms with Gasteiger partial charge in [-0.05, 0) is 51.5 Å². The molecule has 0 spiro atoms. The summed E-state index contributed by atoms with van der Waals surface area (Å²) in [6, 6.07) is 13.5. The highest BCUT2D eigenvalue weighted by atomic mass is 19.1. The first-order chi connectivity index (χ1) is 16.7. The van der Waals surface area contributed by atoms with Crippen LogP contribution in [0.4, 0.5) is 15.8 Å². The van der Waals surface area contributed by atoms with Crippen molar-refractivity contribution in [1.29, 1.82) is 0 Å². The average Bonchev–Trinajstić information content (AvgIpc) is 3.24. The Balaban J connectivity index is 1.53. The molecule has 1 N–H and O–H groups in total. The molecule has 2 aromatic carbocycles. The van der Waals surface area contributed by atoms with Gasteiger partial charge in [0.25, 0.3) is 5.91 Å². The molecule has 0 unspecified atom stereocenters. The molecule has 0 atom stereocenters. The van der Waals surface area contributed by atoms with E-state index in [0.717, 1.165) is 5.56 Å². The fourth-order valence-electron chi connectivity index (χ4n) is 4.09. The van der Waals surface area contributed by atoms with Gasteiger partial charge in [-0.15, -0.1) is 0 Å². The lowest BCUT2D eigenvalue weighted by atomic mass is 10.1. The minimum atomic E-state index is -0.435. The Hall–Kier alpha value is -4.34. The third-order valence-electron chi connectivity index (χ3n) is 5.95. The van der Waals surface area contributed by atoms with E-state index in [1.165, 1.54) is 6.07 Å². The number of amides is 1. The molecule has 0 saturated heterocycles. The molecule has 2 heterocycles. The van der Waals surface area contributed by atoms with Gasteiger partial charge in [0.2, 0.25) is 0 Å². The maximum absolute atomic E-state index is 14.1. The number of hydrogen-bond acceptors (Lipinski definition) is 5. The summed E-state index contributed by atoms with van der Waals surface area (Å²) in [5.74, 6) is -0.627. The second kappa shape index (κ2) is 9.49. The van der Waals surface area contributed by atoms with Gasteiger partial charge in [0.15, 0.2) is 0 Å². The lowest BCUT2D eigenvalue weighted by molar-refractivity contribution is -0.386. The number of nitrogens with one attached hydrogen (secondary N) is 1. The molecule has 0 saturated carbocycles. The van der Waals surface area contributed by atoms with Crippen LogP contribution in [0.15, 0.2) is 48.5 Å². The van der Waals surface area contributed by atoms with Crippen LogP contribution in [0.2, 0.25) is 0 Å². The molecule has 4 aromatic rings. The van der Waals surface area contributed by atoms with E-state index in [1.54, 1.807) is 66.5 Å². The van der Waals surface area contributed by atoms with Gasteiger partial charge in [-0.1, -0.05) is 30.3 Å². The fourth-order valence-corrected chi connectivity index (χ4v) is 4.09. The third kappa shape index (κ3) is 4.81. The van der Waals surface area contributed by atoms with E-state index in [4.69, 9.17) is 0 Å². The second-order valence-electron chi connectivity index (χ2n) is 8.38. The minimum Gasteiger partial charge on any atom is -0.319 e. The Bertz CT molecular complexity index is 1440. The van der Waals surface area contributed by atoms with Crippen LogP contribution >= 0.6 is 0 Å². The fraction of sp³-hybridized carbons (Fsp3) is 0.240. The smallest absolute Gasteiger partial charge is 0.312 e. The first kappa shape index (κ1) is 23.8. The molecule has 0 fully saturated rings. The maximum Gasteiger partial charge on any atom is 0.312 e. The topological polar surface area (TPSA) is 108 Å². The van der Waals surface area contributed by atoms with E-state index in [0.29, 0.717) is 46.1 Å². The van der Waals surface area contributed by atoms with E-state index in [9.17, 15) is 19.3 Å². The molecule has 1 amide bonds. The summed E-state index contributed by atoms with van der Waals surface area (Å²) in [6.07, 6.45) is 0. The molecule has 0 bridgehead atoms. The van der Waals surface area contributed by atoms with Gasteiger partial charge in [0.05, 0.1) is 35.1 Å². The number of nitrogens with zero attached hydrogens (tertiary/aromatic N) is 5. The summed E-state index contributed by atoms with van der Waals surface area (Å²) in [6.45, 7) is 7.40. The average molecular weight is 477 g/mol. The second-order valence-corrected chi connectivity index (χ2v) is 8.38. The van der Waals surface area contributed by atoms with E-state index >= 15 is 0 Å². The largest absolute Gasteiger partial charge is 0.319 e. The number of rotatable bonds is 7. The van der Waals surface area contributed by atoms with Crippen molar-refractivity contribution >= 4 is 17.3 Å². The molecule has 9 nitrogen and oxygen atoms in total. The number of anilines is 1. The van der Waals surface area contributed by atoms with Crippen molar-refractivity contribution < 1.29 is 14.1 Å². The Labute approximate surface area is 201 Å². The first-order valence-corrected chi connectivity index (χ1v) is 11.0. The van der Waals surface area contributed by atoms with E-state index < -0.39 is 4.92 Å². The van der Waals surface area contributed by atoms with Crippen LogP contribution in [-0.2, 0) is 13.1 Å². The van der Waals surface area contributed by atoms with Gasteiger partial charge in [0, 0.05) is 11.1 Å². The standard InChI is InChI=1S/C25H25FN6O3/c1-15-23(17(3)31(28-15)14-21-9-5-6-11-22(21)26)27-25(33)20-10-7-8-19(12-20)13-30-18(4)24(32(34)35)16(2)29-30/h5-12H,13-14H2,1-4H3,(H,27,33). The summed E-state index contributed by atoms with van der Waals surface area (Å²) < 4.78 is 17.3. The van der Waals surface area contributed by atoms with Crippen molar-refractivity contribution in [2.24, 2.45) is 0 Å². The normalized spacial score (nSPS) is 11.0. The minimum absolute atomic E-state index is 0.00255. The van der Waals surface area contributed by atoms with Gasteiger partial charge in [-0.3, -0.25) is 24.3 Å². The lowest BCUT2D eigenvalue weighted by Gasteiger charge is -2.09. The zero-order chi connectivity index (χ0) is 25.3.